The Hall–Kier alpha value is -4.83. The van der Waals surface area contributed by atoms with Crippen molar-refractivity contribution in [3.63, 3.8) is 0 Å². The molecule has 40 heavy (non-hydrogen) atoms. The Morgan fingerprint density at radius 2 is 1.75 bits per heavy atom. The number of benzene rings is 3. The number of halogens is 1. The SMILES string of the molecule is CCOC(=O)C1=C(c2ccccc2)N=c2s/c(=C\c3ccc(OCC(=O)O)cc3)c(=O)n2[C@H]1c1ccc(F)cc1. The number of rotatable bonds is 8. The number of carbonyl (C=O) groups excluding carboxylic acids is 1. The molecule has 8 nitrogen and oxygen atoms in total. The number of hydrogen-bond donors (Lipinski definition) is 1. The maximum Gasteiger partial charge on any atom is 0.341 e. The summed E-state index contributed by atoms with van der Waals surface area (Å²) in [6, 6.07) is 20.5. The van der Waals surface area contributed by atoms with Gasteiger partial charge in [-0.2, -0.15) is 0 Å². The van der Waals surface area contributed by atoms with Crippen LogP contribution in [0.5, 0.6) is 5.75 Å². The van der Waals surface area contributed by atoms with Gasteiger partial charge >= 0.3 is 11.9 Å². The molecule has 1 N–H and O–H groups in total. The van der Waals surface area contributed by atoms with Crippen molar-refractivity contribution < 1.29 is 28.6 Å². The van der Waals surface area contributed by atoms with Crippen molar-refractivity contribution in [1.82, 2.24) is 4.57 Å². The van der Waals surface area contributed by atoms with E-state index in [1.54, 1.807) is 49.4 Å². The van der Waals surface area contributed by atoms with Gasteiger partial charge in [0.1, 0.15) is 11.6 Å². The van der Waals surface area contributed by atoms with Crippen LogP contribution in [0.3, 0.4) is 0 Å². The van der Waals surface area contributed by atoms with Gasteiger partial charge in [-0.3, -0.25) is 9.36 Å². The zero-order valence-electron chi connectivity index (χ0n) is 21.2. The predicted molar refractivity (Wildman–Crippen MR) is 147 cm³/mol. The minimum atomic E-state index is -1.09. The largest absolute Gasteiger partial charge is 0.482 e. The molecule has 0 unspecified atom stereocenters. The Labute approximate surface area is 231 Å². The van der Waals surface area contributed by atoms with Crippen molar-refractivity contribution >= 4 is 35.0 Å². The van der Waals surface area contributed by atoms with Crippen molar-refractivity contribution in [3.05, 3.63) is 127 Å². The van der Waals surface area contributed by atoms with E-state index in [9.17, 15) is 18.8 Å². The van der Waals surface area contributed by atoms with Crippen LogP contribution in [0.2, 0.25) is 0 Å². The van der Waals surface area contributed by atoms with Gasteiger partial charge < -0.3 is 14.6 Å². The Balaban J connectivity index is 1.70. The van der Waals surface area contributed by atoms with Crippen LogP contribution in [0.1, 0.15) is 29.7 Å². The summed E-state index contributed by atoms with van der Waals surface area (Å²) in [6.45, 7) is 1.35. The number of fused-ring (bicyclic) bond motifs is 1. The molecule has 0 radical (unpaired) electrons. The summed E-state index contributed by atoms with van der Waals surface area (Å²) in [7, 11) is 0. The highest BCUT2D eigenvalue weighted by molar-refractivity contribution is 7.07. The predicted octanol–water partition coefficient (Wildman–Crippen LogP) is 3.54. The van der Waals surface area contributed by atoms with E-state index in [-0.39, 0.29) is 17.7 Å². The van der Waals surface area contributed by atoms with E-state index in [1.165, 1.54) is 16.7 Å². The number of carbonyl (C=O) groups is 2. The lowest BCUT2D eigenvalue weighted by Gasteiger charge is -2.25. The highest BCUT2D eigenvalue weighted by Crippen LogP contribution is 2.35. The van der Waals surface area contributed by atoms with Gasteiger partial charge in [0, 0.05) is 5.56 Å². The molecule has 10 heteroatoms. The van der Waals surface area contributed by atoms with E-state index in [0.29, 0.717) is 37.5 Å². The number of thiazole rings is 1. The fourth-order valence-corrected chi connectivity index (χ4v) is 5.36. The van der Waals surface area contributed by atoms with Gasteiger partial charge in [-0.1, -0.05) is 65.9 Å². The summed E-state index contributed by atoms with van der Waals surface area (Å²) in [6.07, 6.45) is 1.68. The third-order valence-electron chi connectivity index (χ3n) is 6.10. The first-order valence-corrected chi connectivity index (χ1v) is 13.2. The standard InChI is InChI=1S/C30H23FN2O6S/c1-2-38-29(37)25-26(19-6-4-3-5-7-19)32-30-33(27(25)20-10-12-21(31)13-11-20)28(36)23(40-30)16-18-8-14-22(15-9-18)39-17-24(34)35/h3-16,27H,2,17H2,1H3,(H,34,35)/b23-16-/t27-/m0/s1. The summed E-state index contributed by atoms with van der Waals surface area (Å²) in [5.41, 5.74) is 2.06. The normalized spacial score (nSPS) is 14.8. The van der Waals surface area contributed by atoms with Crippen molar-refractivity contribution in [2.24, 2.45) is 4.99 Å². The molecule has 5 rings (SSSR count). The molecule has 1 aliphatic rings. The topological polar surface area (TPSA) is 107 Å². The number of carboxylic acid groups (broad SMARTS) is 1. The zero-order chi connectivity index (χ0) is 28.2. The quantitative estimate of drug-likeness (QED) is 0.332. The monoisotopic (exact) mass is 558 g/mol. The summed E-state index contributed by atoms with van der Waals surface area (Å²) in [5, 5.41) is 8.80. The van der Waals surface area contributed by atoms with Crippen LogP contribution in [-0.2, 0) is 14.3 Å². The van der Waals surface area contributed by atoms with E-state index < -0.39 is 30.4 Å². The molecular weight excluding hydrogens is 535 g/mol. The van der Waals surface area contributed by atoms with Crippen molar-refractivity contribution in [3.8, 4) is 5.75 Å². The van der Waals surface area contributed by atoms with Crippen LogP contribution >= 0.6 is 11.3 Å². The average Bonchev–Trinajstić information content (AvgIpc) is 3.27. The first-order valence-electron chi connectivity index (χ1n) is 12.3. The number of aromatic nitrogens is 1. The van der Waals surface area contributed by atoms with Gasteiger partial charge in [0.2, 0.25) is 0 Å². The highest BCUT2D eigenvalue weighted by atomic mass is 32.1. The number of carboxylic acids is 1. The lowest BCUT2D eigenvalue weighted by atomic mass is 9.93. The molecule has 0 aliphatic carbocycles. The van der Waals surface area contributed by atoms with Crippen LogP contribution in [-0.4, -0.2) is 34.8 Å². The van der Waals surface area contributed by atoms with E-state index in [1.807, 2.05) is 30.3 Å². The molecule has 0 bridgehead atoms. The van der Waals surface area contributed by atoms with Crippen LogP contribution in [0.4, 0.5) is 4.39 Å². The molecule has 202 valence electrons. The van der Waals surface area contributed by atoms with Crippen LogP contribution in [0.15, 0.2) is 94.2 Å². The minimum absolute atomic E-state index is 0.122. The van der Waals surface area contributed by atoms with Gasteiger partial charge in [0.15, 0.2) is 11.4 Å². The number of esters is 1. The summed E-state index contributed by atoms with van der Waals surface area (Å²) < 4.78 is 26.3. The summed E-state index contributed by atoms with van der Waals surface area (Å²) in [4.78, 5) is 43.1. The molecule has 0 amide bonds. The number of ether oxygens (including phenoxy) is 2. The van der Waals surface area contributed by atoms with Crippen molar-refractivity contribution in [1.29, 1.82) is 0 Å². The zero-order valence-corrected chi connectivity index (χ0v) is 22.1. The number of hydrogen-bond acceptors (Lipinski definition) is 7. The van der Waals surface area contributed by atoms with E-state index in [4.69, 9.17) is 19.6 Å². The second kappa shape index (κ2) is 11.5. The third-order valence-corrected chi connectivity index (χ3v) is 7.08. The molecule has 0 saturated heterocycles. The van der Waals surface area contributed by atoms with Crippen LogP contribution in [0, 0.1) is 5.82 Å². The maximum atomic E-state index is 13.9. The van der Waals surface area contributed by atoms with Gasteiger partial charge in [-0.15, -0.1) is 0 Å². The highest BCUT2D eigenvalue weighted by Gasteiger charge is 2.35. The molecule has 4 aromatic rings. The van der Waals surface area contributed by atoms with Gasteiger partial charge in [0.25, 0.3) is 5.56 Å². The molecule has 1 atom stereocenters. The first-order chi connectivity index (χ1) is 19.4. The van der Waals surface area contributed by atoms with Crippen molar-refractivity contribution in [2.75, 3.05) is 13.2 Å². The lowest BCUT2D eigenvalue weighted by molar-refractivity contribution is -0.140. The molecule has 0 spiro atoms. The maximum absolute atomic E-state index is 13.9. The minimum Gasteiger partial charge on any atom is -0.482 e. The molecule has 1 aliphatic heterocycles. The van der Waals surface area contributed by atoms with E-state index >= 15 is 0 Å². The molecular formula is C30H23FN2O6S. The smallest absolute Gasteiger partial charge is 0.341 e. The second-order valence-corrected chi connectivity index (χ2v) is 9.74. The number of nitrogens with zero attached hydrogens (tertiary/aromatic N) is 2. The molecule has 0 fully saturated rings. The van der Waals surface area contributed by atoms with Gasteiger partial charge in [-0.25, -0.2) is 19.0 Å². The Bertz CT molecular complexity index is 1780. The van der Waals surface area contributed by atoms with Gasteiger partial charge in [0.05, 0.1) is 28.5 Å². The second-order valence-electron chi connectivity index (χ2n) is 8.73. The lowest BCUT2D eigenvalue weighted by Crippen LogP contribution is -2.40. The Morgan fingerprint density at radius 1 is 1.05 bits per heavy atom. The Morgan fingerprint density at radius 3 is 2.40 bits per heavy atom. The van der Waals surface area contributed by atoms with Crippen LogP contribution < -0.4 is 19.6 Å². The average molecular weight is 559 g/mol. The molecule has 2 heterocycles. The Kier molecular flexibility index (Phi) is 7.70. The fraction of sp³-hybridized carbons (Fsp3) is 0.133. The first kappa shape index (κ1) is 26.8. The third kappa shape index (κ3) is 5.48. The molecule has 0 saturated carbocycles. The summed E-state index contributed by atoms with van der Waals surface area (Å²) >= 11 is 1.16. The summed E-state index contributed by atoms with van der Waals surface area (Å²) in [5.74, 6) is -1.77. The van der Waals surface area contributed by atoms with Crippen molar-refractivity contribution in [2.45, 2.75) is 13.0 Å². The van der Waals surface area contributed by atoms with Gasteiger partial charge in [-0.05, 0) is 48.4 Å². The van der Waals surface area contributed by atoms with E-state index in [2.05, 4.69) is 0 Å². The molecule has 3 aromatic carbocycles. The fourth-order valence-electron chi connectivity index (χ4n) is 4.36. The molecule has 1 aromatic heterocycles. The van der Waals surface area contributed by atoms with E-state index in [0.717, 1.165) is 11.3 Å². The number of aliphatic carboxylic acids is 1. The van der Waals surface area contributed by atoms with Crippen LogP contribution in [0.25, 0.3) is 11.8 Å².